The van der Waals surface area contributed by atoms with Crippen LogP contribution in [0.1, 0.15) is 0 Å². The highest BCUT2D eigenvalue weighted by molar-refractivity contribution is 14.1. The molecule has 12 heavy (non-hydrogen) atoms. The average Bonchev–Trinajstić information content (AvgIpc) is 2.59. The molecule has 0 nitrogen and oxygen atoms in total. The maximum atomic E-state index is 2.39. The molecule has 0 aliphatic heterocycles. The van der Waals surface area contributed by atoms with Crippen molar-refractivity contribution >= 4 is 75.4 Å². The summed E-state index contributed by atoms with van der Waals surface area (Å²) >= 11 is 8.05. The Morgan fingerprint density at radius 3 is 2.92 bits per heavy atom. The van der Waals surface area contributed by atoms with Crippen LogP contribution in [0.15, 0.2) is 17.5 Å². The van der Waals surface area contributed by atoms with Gasteiger partial charge in [0, 0.05) is 9.40 Å². The molecule has 0 aromatic carbocycles. The Hall–Kier alpha value is 0.350. The van der Waals surface area contributed by atoms with E-state index in [0.29, 0.717) is 0 Å². The molecule has 3 aromatic heterocycles. The SMILES string of the molecule is Ic1cc2sc3ccsc3c2s1. The maximum absolute atomic E-state index is 2.39. The van der Waals surface area contributed by atoms with E-state index in [2.05, 4.69) is 40.1 Å². The van der Waals surface area contributed by atoms with Gasteiger partial charge in [-0.3, -0.25) is 0 Å². The molecular weight excluding hydrogens is 319 g/mol. The molecule has 0 radical (unpaired) electrons. The Bertz CT molecular complexity index is 543. The van der Waals surface area contributed by atoms with Gasteiger partial charge in [-0.2, -0.15) is 0 Å². The van der Waals surface area contributed by atoms with Crippen molar-refractivity contribution in [3.8, 4) is 0 Å². The van der Waals surface area contributed by atoms with Gasteiger partial charge in [0.05, 0.1) is 12.3 Å². The van der Waals surface area contributed by atoms with E-state index in [1.54, 1.807) is 0 Å². The lowest BCUT2D eigenvalue weighted by atomic mass is 10.5. The predicted molar refractivity (Wildman–Crippen MR) is 67.8 cm³/mol. The summed E-state index contributed by atoms with van der Waals surface area (Å²) in [6, 6.07) is 4.49. The molecule has 0 amide bonds. The van der Waals surface area contributed by atoms with Crippen molar-refractivity contribution in [2.45, 2.75) is 0 Å². The molecule has 3 heterocycles. The standard InChI is InChI=1S/C8H3IS3/c9-6-3-5-8(12-6)7-4(11-5)1-2-10-7/h1-3H. The molecule has 0 aliphatic carbocycles. The van der Waals surface area contributed by atoms with Gasteiger partial charge < -0.3 is 0 Å². The lowest BCUT2D eigenvalue weighted by Crippen LogP contribution is -1.43. The molecule has 4 heteroatoms. The Morgan fingerprint density at radius 2 is 2.00 bits per heavy atom. The first-order chi connectivity index (χ1) is 5.84. The minimum absolute atomic E-state index is 1.39. The van der Waals surface area contributed by atoms with E-state index in [-0.39, 0.29) is 0 Å². The van der Waals surface area contributed by atoms with Crippen LogP contribution in [-0.4, -0.2) is 0 Å². The molecule has 3 rings (SSSR count). The fraction of sp³-hybridized carbons (Fsp3) is 0. The van der Waals surface area contributed by atoms with E-state index in [1.807, 2.05) is 34.0 Å². The first-order valence-corrected chi connectivity index (χ1v) is 6.99. The number of rotatable bonds is 0. The smallest absolute Gasteiger partial charge is 0.0674 e. The van der Waals surface area contributed by atoms with Crippen LogP contribution in [0.5, 0.6) is 0 Å². The van der Waals surface area contributed by atoms with Crippen LogP contribution >= 0.6 is 56.6 Å². The van der Waals surface area contributed by atoms with Gasteiger partial charge in [0.1, 0.15) is 0 Å². The van der Waals surface area contributed by atoms with Crippen molar-refractivity contribution < 1.29 is 0 Å². The van der Waals surface area contributed by atoms with Crippen LogP contribution in [0.4, 0.5) is 0 Å². The van der Waals surface area contributed by atoms with Crippen LogP contribution in [-0.2, 0) is 0 Å². The normalized spacial score (nSPS) is 11.8. The summed E-state index contributed by atoms with van der Waals surface area (Å²) in [6.45, 7) is 0. The van der Waals surface area contributed by atoms with Crippen LogP contribution in [0.2, 0.25) is 0 Å². The molecule has 0 fully saturated rings. The topological polar surface area (TPSA) is 0 Å². The fourth-order valence-corrected chi connectivity index (χ4v) is 5.92. The second-order valence-electron chi connectivity index (χ2n) is 2.46. The Kier molecular flexibility index (Phi) is 1.72. The minimum atomic E-state index is 1.39. The molecule has 0 unspecified atom stereocenters. The van der Waals surface area contributed by atoms with Gasteiger partial charge in [-0.25, -0.2) is 0 Å². The fourth-order valence-electron chi connectivity index (χ4n) is 1.24. The van der Waals surface area contributed by atoms with E-state index in [9.17, 15) is 0 Å². The summed E-state index contributed by atoms with van der Waals surface area (Å²) in [5.41, 5.74) is 0. The third-order valence-electron chi connectivity index (χ3n) is 1.72. The summed E-state index contributed by atoms with van der Waals surface area (Å²) in [6.07, 6.45) is 0. The van der Waals surface area contributed by atoms with Crippen molar-refractivity contribution in [3.05, 3.63) is 20.4 Å². The summed E-state index contributed by atoms with van der Waals surface area (Å²) in [7, 11) is 0. The van der Waals surface area contributed by atoms with Gasteiger partial charge in [0.15, 0.2) is 0 Å². The molecule has 0 saturated heterocycles. The monoisotopic (exact) mass is 322 g/mol. The van der Waals surface area contributed by atoms with Gasteiger partial charge in [-0.15, -0.1) is 34.0 Å². The quantitative estimate of drug-likeness (QED) is 0.523. The zero-order valence-electron chi connectivity index (χ0n) is 5.83. The van der Waals surface area contributed by atoms with Gasteiger partial charge in [0.25, 0.3) is 0 Å². The Balaban J connectivity index is 2.64. The molecule has 0 aliphatic rings. The van der Waals surface area contributed by atoms with Crippen molar-refractivity contribution in [3.63, 3.8) is 0 Å². The van der Waals surface area contributed by atoms with Crippen molar-refractivity contribution in [1.29, 1.82) is 0 Å². The average molecular weight is 322 g/mol. The second-order valence-corrected chi connectivity index (χ2v) is 7.41. The molecule has 0 atom stereocenters. The summed E-state index contributed by atoms with van der Waals surface area (Å²) in [5.74, 6) is 0. The third-order valence-corrected chi connectivity index (χ3v) is 6.06. The number of hydrogen-bond donors (Lipinski definition) is 0. The van der Waals surface area contributed by atoms with Gasteiger partial charge in [-0.1, -0.05) is 0 Å². The Labute approximate surface area is 95.0 Å². The van der Waals surface area contributed by atoms with E-state index >= 15 is 0 Å². The number of thiophene rings is 3. The first kappa shape index (κ1) is 7.73. The summed E-state index contributed by atoms with van der Waals surface area (Å²) in [5, 5.41) is 2.17. The van der Waals surface area contributed by atoms with E-state index in [1.165, 1.54) is 21.7 Å². The van der Waals surface area contributed by atoms with Crippen LogP contribution in [0.3, 0.4) is 0 Å². The zero-order chi connectivity index (χ0) is 8.13. The summed E-state index contributed by atoms with van der Waals surface area (Å²) in [4.78, 5) is 0. The lowest BCUT2D eigenvalue weighted by molar-refractivity contribution is 2.12. The van der Waals surface area contributed by atoms with E-state index < -0.39 is 0 Å². The zero-order valence-corrected chi connectivity index (χ0v) is 10.4. The van der Waals surface area contributed by atoms with Crippen molar-refractivity contribution in [1.82, 2.24) is 0 Å². The predicted octanol–water partition coefficient (Wildman–Crippen LogP) is 4.78. The first-order valence-electron chi connectivity index (χ1n) is 3.39. The third kappa shape index (κ3) is 0.982. The van der Waals surface area contributed by atoms with Gasteiger partial charge in [0.2, 0.25) is 0 Å². The highest BCUT2D eigenvalue weighted by atomic mass is 127. The largest absolute Gasteiger partial charge is 0.141 e. The molecular formula is C8H3IS3. The van der Waals surface area contributed by atoms with Crippen molar-refractivity contribution in [2.24, 2.45) is 0 Å². The number of halogens is 1. The second kappa shape index (κ2) is 2.67. The molecule has 0 N–H and O–H groups in total. The number of hydrogen-bond acceptors (Lipinski definition) is 3. The van der Waals surface area contributed by atoms with Crippen LogP contribution in [0, 0.1) is 2.88 Å². The van der Waals surface area contributed by atoms with E-state index in [4.69, 9.17) is 0 Å². The van der Waals surface area contributed by atoms with E-state index in [0.717, 1.165) is 0 Å². The van der Waals surface area contributed by atoms with Crippen LogP contribution < -0.4 is 0 Å². The molecule has 0 bridgehead atoms. The number of fused-ring (bicyclic) bond motifs is 3. The molecule has 0 saturated carbocycles. The highest BCUT2D eigenvalue weighted by Gasteiger charge is 2.08. The molecule has 3 aromatic rings. The van der Waals surface area contributed by atoms with Gasteiger partial charge in [-0.05, 0) is 40.1 Å². The molecule has 60 valence electrons. The van der Waals surface area contributed by atoms with Gasteiger partial charge >= 0.3 is 0 Å². The Morgan fingerprint density at radius 1 is 1.08 bits per heavy atom. The highest BCUT2D eigenvalue weighted by Crippen LogP contribution is 2.42. The van der Waals surface area contributed by atoms with Crippen molar-refractivity contribution in [2.75, 3.05) is 0 Å². The lowest BCUT2D eigenvalue weighted by Gasteiger charge is -1.74. The maximum Gasteiger partial charge on any atom is 0.0674 e. The molecule has 0 spiro atoms. The minimum Gasteiger partial charge on any atom is -0.141 e. The summed E-state index contributed by atoms with van der Waals surface area (Å²) < 4.78 is 7.24. The van der Waals surface area contributed by atoms with Crippen LogP contribution in [0.25, 0.3) is 18.8 Å².